The monoisotopic (exact) mass is 133 g/mol. The Morgan fingerprint density at radius 3 is 1.62 bits per heavy atom. The molecule has 0 saturated carbocycles. The van der Waals surface area contributed by atoms with E-state index in [1.165, 1.54) is 0 Å². The minimum Gasteiger partial charge on any atom is -0.368 e. The van der Waals surface area contributed by atoms with E-state index in [1.807, 2.05) is 6.92 Å². The van der Waals surface area contributed by atoms with Gasteiger partial charge in [-0.1, -0.05) is 20.0 Å². The molecule has 0 fully saturated rings. The molecule has 2 N–H and O–H groups in total. The van der Waals surface area contributed by atoms with E-state index in [9.17, 15) is 0 Å². The van der Waals surface area contributed by atoms with Crippen molar-refractivity contribution in [3.63, 3.8) is 0 Å². The second kappa shape index (κ2) is 3.22. The fourth-order valence-corrected chi connectivity index (χ4v) is 0.894. The molecule has 0 heterocycles. The highest BCUT2D eigenvalue weighted by Gasteiger charge is 2.14. The van der Waals surface area contributed by atoms with Gasteiger partial charge >= 0.3 is 0 Å². The Labute approximate surface area is 51.8 Å². The van der Waals surface area contributed by atoms with E-state index >= 15 is 0 Å². The van der Waals surface area contributed by atoms with Gasteiger partial charge in [0.15, 0.2) is 6.29 Å². The minimum absolute atomic E-state index is 0.0833. The Kier molecular flexibility index (Phi) is 3.27. The first-order chi connectivity index (χ1) is 3.55. The van der Waals surface area contributed by atoms with E-state index in [2.05, 4.69) is 13.1 Å². The van der Waals surface area contributed by atoms with Gasteiger partial charge in [-0.15, -0.1) is 0 Å². The molecule has 0 aliphatic rings. The molecule has 2 nitrogen and oxygen atoms in total. The molecule has 3 heteroatoms. The number of hydrogen-bond acceptors (Lipinski definition) is 2. The SMILES string of the molecule is CC(C(O)O)[Si](C)C. The van der Waals surface area contributed by atoms with E-state index in [-0.39, 0.29) is 5.54 Å². The van der Waals surface area contributed by atoms with Gasteiger partial charge in [0, 0.05) is 0 Å². The molecular weight excluding hydrogens is 120 g/mol. The number of hydrogen-bond donors (Lipinski definition) is 2. The van der Waals surface area contributed by atoms with Crippen molar-refractivity contribution in [1.29, 1.82) is 0 Å². The highest BCUT2D eigenvalue weighted by atomic mass is 28.3. The minimum atomic E-state index is -1.11. The first kappa shape index (κ1) is 8.14. The quantitative estimate of drug-likeness (QED) is 0.424. The molecule has 0 bridgehead atoms. The Bertz CT molecular complexity index is 55.4. The predicted molar refractivity (Wildman–Crippen MR) is 35.1 cm³/mol. The van der Waals surface area contributed by atoms with Gasteiger partial charge < -0.3 is 10.2 Å². The van der Waals surface area contributed by atoms with Crippen molar-refractivity contribution < 1.29 is 10.2 Å². The van der Waals surface area contributed by atoms with Crippen LogP contribution in [0.5, 0.6) is 0 Å². The molecule has 0 aromatic carbocycles. The van der Waals surface area contributed by atoms with Crippen LogP contribution in [0.15, 0.2) is 0 Å². The summed E-state index contributed by atoms with van der Waals surface area (Å²) in [6.07, 6.45) is -1.11. The summed E-state index contributed by atoms with van der Waals surface area (Å²) >= 11 is 0. The van der Waals surface area contributed by atoms with Crippen molar-refractivity contribution in [2.24, 2.45) is 0 Å². The van der Waals surface area contributed by atoms with Gasteiger partial charge in [-0.25, -0.2) is 0 Å². The van der Waals surface area contributed by atoms with E-state index in [1.54, 1.807) is 0 Å². The van der Waals surface area contributed by atoms with Crippen LogP contribution >= 0.6 is 0 Å². The lowest BCUT2D eigenvalue weighted by Crippen LogP contribution is -2.22. The zero-order valence-corrected chi connectivity index (χ0v) is 6.55. The highest BCUT2D eigenvalue weighted by molar-refractivity contribution is 6.57. The summed E-state index contributed by atoms with van der Waals surface area (Å²) in [5.41, 5.74) is 0.0833. The number of aliphatic hydroxyl groups excluding tert-OH is 1. The summed E-state index contributed by atoms with van der Waals surface area (Å²) in [7, 11) is -0.512. The first-order valence-electron chi connectivity index (χ1n) is 2.72. The summed E-state index contributed by atoms with van der Waals surface area (Å²) in [4.78, 5) is 0. The molecule has 0 aliphatic heterocycles. The Morgan fingerprint density at radius 2 is 1.62 bits per heavy atom. The molecule has 0 saturated heterocycles. The second-order valence-electron chi connectivity index (χ2n) is 2.28. The molecule has 0 spiro atoms. The Morgan fingerprint density at radius 1 is 1.25 bits per heavy atom. The molecule has 1 atom stereocenters. The van der Waals surface area contributed by atoms with Crippen LogP contribution in [0.25, 0.3) is 0 Å². The molecule has 0 aliphatic carbocycles. The maximum Gasteiger partial charge on any atom is 0.151 e. The molecule has 0 aromatic rings. The van der Waals surface area contributed by atoms with Gasteiger partial charge in [-0.2, -0.15) is 0 Å². The van der Waals surface area contributed by atoms with Crippen LogP contribution in [0.4, 0.5) is 0 Å². The van der Waals surface area contributed by atoms with Crippen molar-refractivity contribution >= 4 is 8.80 Å². The molecular formula is C5H13O2Si. The largest absolute Gasteiger partial charge is 0.368 e. The molecule has 49 valence electrons. The smallest absolute Gasteiger partial charge is 0.151 e. The maximum absolute atomic E-state index is 8.57. The normalized spacial score (nSPS) is 15.4. The highest BCUT2D eigenvalue weighted by Crippen LogP contribution is 2.11. The summed E-state index contributed by atoms with van der Waals surface area (Å²) in [5, 5.41) is 17.1. The standard InChI is InChI=1S/C5H13O2Si/c1-4(5(6)7)8(2)3/h4-7H,1-3H3. The van der Waals surface area contributed by atoms with Gasteiger partial charge in [0.05, 0.1) is 8.80 Å². The van der Waals surface area contributed by atoms with E-state index < -0.39 is 15.1 Å². The van der Waals surface area contributed by atoms with E-state index in [0.717, 1.165) is 0 Å². The van der Waals surface area contributed by atoms with Gasteiger partial charge in [-0.3, -0.25) is 0 Å². The third-order valence-electron chi connectivity index (χ3n) is 1.36. The zero-order valence-electron chi connectivity index (χ0n) is 5.55. The third kappa shape index (κ3) is 2.45. The Hall–Kier alpha value is 0.137. The second-order valence-corrected chi connectivity index (χ2v) is 5.35. The van der Waals surface area contributed by atoms with E-state index in [4.69, 9.17) is 10.2 Å². The molecule has 0 rings (SSSR count). The van der Waals surface area contributed by atoms with E-state index in [0.29, 0.717) is 0 Å². The van der Waals surface area contributed by atoms with Gasteiger partial charge in [0.1, 0.15) is 0 Å². The van der Waals surface area contributed by atoms with Crippen molar-refractivity contribution in [2.75, 3.05) is 0 Å². The van der Waals surface area contributed by atoms with Crippen molar-refractivity contribution in [3.8, 4) is 0 Å². The van der Waals surface area contributed by atoms with Crippen molar-refractivity contribution in [3.05, 3.63) is 0 Å². The molecule has 8 heavy (non-hydrogen) atoms. The van der Waals surface area contributed by atoms with Crippen LogP contribution in [-0.4, -0.2) is 25.3 Å². The van der Waals surface area contributed by atoms with Gasteiger partial charge in [-0.05, 0) is 5.54 Å². The average Bonchev–Trinajstić information content (AvgIpc) is 1.64. The molecule has 1 unspecified atom stereocenters. The number of aliphatic hydroxyl groups is 2. The molecule has 0 aromatic heterocycles. The zero-order chi connectivity index (χ0) is 6.73. The van der Waals surface area contributed by atoms with Crippen LogP contribution in [0, 0.1) is 0 Å². The van der Waals surface area contributed by atoms with Crippen LogP contribution in [-0.2, 0) is 0 Å². The van der Waals surface area contributed by atoms with Crippen LogP contribution in [0.2, 0.25) is 18.6 Å². The summed E-state index contributed by atoms with van der Waals surface area (Å²) in [6.45, 7) is 5.99. The van der Waals surface area contributed by atoms with Crippen molar-refractivity contribution in [1.82, 2.24) is 0 Å². The maximum atomic E-state index is 8.57. The van der Waals surface area contributed by atoms with Gasteiger partial charge in [0.2, 0.25) is 0 Å². The van der Waals surface area contributed by atoms with Crippen LogP contribution in [0.1, 0.15) is 6.92 Å². The summed E-state index contributed by atoms with van der Waals surface area (Å²) in [5.74, 6) is 0. The molecule has 1 radical (unpaired) electrons. The third-order valence-corrected chi connectivity index (χ3v) is 3.48. The fourth-order valence-electron chi connectivity index (χ4n) is 0.298. The average molecular weight is 133 g/mol. The summed E-state index contributed by atoms with van der Waals surface area (Å²) in [6, 6.07) is 0. The number of rotatable bonds is 2. The van der Waals surface area contributed by atoms with Crippen molar-refractivity contribution in [2.45, 2.75) is 31.8 Å². The molecule has 0 amide bonds. The predicted octanol–water partition coefficient (Wildman–Crippen LogP) is 0.442. The van der Waals surface area contributed by atoms with Crippen LogP contribution in [0.3, 0.4) is 0 Å². The lowest BCUT2D eigenvalue weighted by molar-refractivity contribution is -0.0417. The van der Waals surface area contributed by atoms with Crippen LogP contribution < -0.4 is 0 Å². The fraction of sp³-hybridized carbons (Fsp3) is 1.00. The topological polar surface area (TPSA) is 40.5 Å². The lowest BCUT2D eigenvalue weighted by atomic mass is 10.5. The summed E-state index contributed by atoms with van der Waals surface area (Å²) < 4.78 is 0. The lowest BCUT2D eigenvalue weighted by Gasteiger charge is -2.14. The first-order valence-corrected chi connectivity index (χ1v) is 5.29. The Balaban J connectivity index is 3.46. The van der Waals surface area contributed by atoms with Gasteiger partial charge in [0.25, 0.3) is 0 Å².